The lowest BCUT2D eigenvalue weighted by Gasteiger charge is -2.16. The second-order valence-corrected chi connectivity index (χ2v) is 9.13. The van der Waals surface area contributed by atoms with Crippen molar-refractivity contribution in [2.75, 3.05) is 18.1 Å². The second-order valence-electron chi connectivity index (χ2n) is 5.93. The minimum absolute atomic E-state index is 0.0891. The van der Waals surface area contributed by atoms with E-state index in [4.69, 9.17) is 0 Å². The van der Waals surface area contributed by atoms with E-state index in [-0.39, 0.29) is 5.91 Å². The highest BCUT2D eigenvalue weighted by molar-refractivity contribution is 8.01. The molecule has 0 atom stereocenters. The number of carbonyl (C=O) groups is 1. The van der Waals surface area contributed by atoms with Crippen LogP contribution in [0.1, 0.15) is 16.0 Å². The number of benzene rings is 1. The van der Waals surface area contributed by atoms with E-state index in [1.54, 1.807) is 16.2 Å². The highest BCUT2D eigenvalue weighted by Crippen LogP contribution is 2.28. The zero-order valence-corrected chi connectivity index (χ0v) is 17.3. The predicted molar refractivity (Wildman–Crippen MR) is 111 cm³/mol. The number of carbonyl (C=O) groups excluding carboxylic acids is 1. The summed E-state index contributed by atoms with van der Waals surface area (Å²) < 4.78 is 0.786. The van der Waals surface area contributed by atoms with E-state index in [0.717, 1.165) is 15.2 Å². The molecule has 0 saturated carbocycles. The average Bonchev–Trinajstić information content (AvgIpc) is 3.22. The summed E-state index contributed by atoms with van der Waals surface area (Å²) in [5.74, 6) is 0.450. The maximum atomic E-state index is 12.3. The number of rotatable bonds is 7. The van der Waals surface area contributed by atoms with Crippen LogP contribution in [0.25, 0.3) is 0 Å². The summed E-state index contributed by atoms with van der Waals surface area (Å²) in [6.07, 6.45) is 0. The molecule has 3 aromatic rings. The van der Waals surface area contributed by atoms with Gasteiger partial charge in [0.05, 0.1) is 12.3 Å². The molecule has 0 saturated heterocycles. The minimum Gasteiger partial charge on any atom is -0.340 e. The van der Waals surface area contributed by atoms with Gasteiger partial charge in [-0.3, -0.25) is 4.79 Å². The van der Waals surface area contributed by atoms with E-state index in [0.29, 0.717) is 12.3 Å². The van der Waals surface area contributed by atoms with Gasteiger partial charge in [-0.1, -0.05) is 35.2 Å². The van der Waals surface area contributed by atoms with Crippen LogP contribution in [-0.4, -0.2) is 33.8 Å². The van der Waals surface area contributed by atoms with Crippen molar-refractivity contribution in [3.8, 4) is 0 Å². The highest BCUT2D eigenvalue weighted by Gasteiger charge is 2.14. The van der Waals surface area contributed by atoms with E-state index in [2.05, 4.69) is 40.0 Å². The lowest BCUT2D eigenvalue weighted by Crippen LogP contribution is -2.27. The highest BCUT2D eigenvalue weighted by atomic mass is 32.2. The van der Waals surface area contributed by atoms with E-state index in [9.17, 15) is 4.79 Å². The Morgan fingerprint density at radius 3 is 2.85 bits per heavy atom. The largest absolute Gasteiger partial charge is 0.340 e. The van der Waals surface area contributed by atoms with Gasteiger partial charge in [0.2, 0.25) is 11.0 Å². The van der Waals surface area contributed by atoms with Gasteiger partial charge in [-0.25, -0.2) is 0 Å². The third-order valence-corrected chi connectivity index (χ3v) is 6.73. The molecule has 136 valence electrons. The van der Waals surface area contributed by atoms with Crippen LogP contribution < -0.4 is 5.32 Å². The van der Waals surface area contributed by atoms with Crippen molar-refractivity contribution >= 4 is 51.2 Å². The molecule has 0 fully saturated rings. The van der Waals surface area contributed by atoms with Gasteiger partial charge in [0.15, 0.2) is 4.34 Å². The molecule has 0 radical (unpaired) electrons. The normalized spacial score (nSPS) is 10.7. The average molecular weight is 405 g/mol. The second kappa shape index (κ2) is 8.66. The first kappa shape index (κ1) is 18.9. The molecule has 8 heteroatoms. The fraction of sp³-hybridized carbons (Fsp3) is 0.278. The number of aryl methyl sites for hydroxylation is 2. The van der Waals surface area contributed by atoms with Crippen molar-refractivity contribution in [3.63, 3.8) is 0 Å². The monoisotopic (exact) mass is 404 g/mol. The number of hydrogen-bond donors (Lipinski definition) is 1. The molecular formula is C18H20N4OS3. The quantitative estimate of drug-likeness (QED) is 0.578. The summed E-state index contributed by atoms with van der Waals surface area (Å²) in [5.41, 5.74) is 3.40. The lowest BCUT2D eigenvalue weighted by molar-refractivity contribution is -0.127. The van der Waals surface area contributed by atoms with Crippen LogP contribution >= 0.6 is 34.4 Å². The minimum atomic E-state index is 0.0891. The molecule has 26 heavy (non-hydrogen) atoms. The van der Waals surface area contributed by atoms with Crippen molar-refractivity contribution in [2.45, 2.75) is 24.7 Å². The number of amides is 1. The molecule has 5 nitrogen and oxygen atoms in total. The molecule has 0 unspecified atom stereocenters. The van der Waals surface area contributed by atoms with Gasteiger partial charge >= 0.3 is 0 Å². The number of nitrogens with zero attached hydrogens (tertiary/aromatic N) is 3. The number of thiophene rings is 1. The Bertz CT molecular complexity index is 890. The molecule has 1 aromatic carbocycles. The van der Waals surface area contributed by atoms with Crippen molar-refractivity contribution in [1.82, 2.24) is 15.1 Å². The Kier molecular flexibility index (Phi) is 6.29. The topological polar surface area (TPSA) is 58.1 Å². The number of aromatic nitrogens is 2. The number of nitrogens with one attached hydrogen (secondary N) is 1. The summed E-state index contributed by atoms with van der Waals surface area (Å²) in [6.45, 7) is 4.77. The Balaban J connectivity index is 1.51. The molecular weight excluding hydrogens is 384 g/mol. The molecule has 0 bridgehead atoms. The third-order valence-electron chi connectivity index (χ3n) is 3.77. The number of hydrogen-bond acceptors (Lipinski definition) is 7. The fourth-order valence-electron chi connectivity index (χ4n) is 2.27. The SMILES string of the molecule is Cc1cccc(Nc2nnc(SCC(=O)N(C)Cc3sccc3C)s2)c1. The van der Waals surface area contributed by atoms with Crippen LogP contribution in [0.15, 0.2) is 40.1 Å². The van der Waals surface area contributed by atoms with Gasteiger partial charge in [0.1, 0.15) is 0 Å². The smallest absolute Gasteiger partial charge is 0.233 e. The van der Waals surface area contributed by atoms with E-state index in [1.807, 2.05) is 32.2 Å². The van der Waals surface area contributed by atoms with E-state index in [1.165, 1.54) is 39.1 Å². The van der Waals surface area contributed by atoms with Crippen LogP contribution in [0, 0.1) is 13.8 Å². The molecule has 1 amide bonds. The van der Waals surface area contributed by atoms with Gasteiger partial charge in [0.25, 0.3) is 0 Å². The standard InChI is InChI=1S/C18H20N4OS3/c1-12-5-4-6-14(9-12)19-17-20-21-18(26-17)25-11-16(23)22(3)10-15-13(2)7-8-24-15/h4-9H,10-11H2,1-3H3,(H,19,20). The van der Waals surface area contributed by atoms with E-state index >= 15 is 0 Å². The van der Waals surface area contributed by atoms with Crippen LogP contribution in [0.5, 0.6) is 0 Å². The number of thioether (sulfide) groups is 1. The summed E-state index contributed by atoms with van der Waals surface area (Å²) in [5, 5.41) is 14.3. The van der Waals surface area contributed by atoms with Crippen molar-refractivity contribution in [3.05, 3.63) is 51.7 Å². The van der Waals surface area contributed by atoms with Crippen molar-refractivity contribution in [1.29, 1.82) is 0 Å². The molecule has 3 rings (SSSR count). The Morgan fingerprint density at radius 2 is 2.12 bits per heavy atom. The van der Waals surface area contributed by atoms with Crippen LogP contribution in [0.3, 0.4) is 0 Å². The maximum Gasteiger partial charge on any atom is 0.233 e. The molecule has 0 spiro atoms. The molecule has 2 aromatic heterocycles. The molecule has 0 aliphatic carbocycles. The predicted octanol–water partition coefficient (Wildman–Crippen LogP) is 4.71. The first-order chi connectivity index (χ1) is 12.5. The van der Waals surface area contributed by atoms with Gasteiger partial charge < -0.3 is 10.2 Å². The molecule has 0 aliphatic rings. The summed E-state index contributed by atoms with van der Waals surface area (Å²) in [6, 6.07) is 10.2. The maximum absolute atomic E-state index is 12.3. The molecule has 2 heterocycles. The van der Waals surface area contributed by atoms with Gasteiger partial charge in [-0.15, -0.1) is 21.5 Å². The van der Waals surface area contributed by atoms with Crippen molar-refractivity contribution < 1.29 is 4.79 Å². The van der Waals surface area contributed by atoms with Gasteiger partial charge in [-0.05, 0) is 48.6 Å². The third kappa shape index (κ3) is 5.06. The molecule has 1 N–H and O–H groups in total. The van der Waals surface area contributed by atoms with Crippen LogP contribution in [0.2, 0.25) is 0 Å². The first-order valence-electron chi connectivity index (χ1n) is 8.08. The fourth-order valence-corrected chi connectivity index (χ4v) is 4.94. The van der Waals surface area contributed by atoms with Gasteiger partial charge in [0, 0.05) is 17.6 Å². The zero-order valence-electron chi connectivity index (χ0n) is 14.9. The number of anilines is 2. The Hall–Kier alpha value is -1.90. The van der Waals surface area contributed by atoms with E-state index < -0.39 is 0 Å². The summed E-state index contributed by atoms with van der Waals surface area (Å²) >= 11 is 4.57. The zero-order chi connectivity index (χ0) is 18.5. The van der Waals surface area contributed by atoms with Crippen LogP contribution in [0.4, 0.5) is 10.8 Å². The van der Waals surface area contributed by atoms with Crippen LogP contribution in [-0.2, 0) is 11.3 Å². The first-order valence-corrected chi connectivity index (χ1v) is 10.8. The van der Waals surface area contributed by atoms with Crippen molar-refractivity contribution in [2.24, 2.45) is 0 Å². The summed E-state index contributed by atoms with van der Waals surface area (Å²) in [4.78, 5) is 15.3. The van der Waals surface area contributed by atoms with Gasteiger partial charge in [-0.2, -0.15) is 0 Å². The Morgan fingerprint density at radius 1 is 1.27 bits per heavy atom. The lowest BCUT2D eigenvalue weighted by atomic mass is 10.2. The summed E-state index contributed by atoms with van der Waals surface area (Å²) in [7, 11) is 1.84. The Labute approximate surface area is 165 Å². The molecule has 0 aliphatic heterocycles.